The summed E-state index contributed by atoms with van der Waals surface area (Å²) in [6.45, 7) is 5.39. The molecule has 2 aliphatic rings. The highest BCUT2D eigenvalue weighted by Crippen LogP contribution is 2.35. The van der Waals surface area contributed by atoms with Gasteiger partial charge in [-0.15, -0.1) is 11.3 Å². The molecule has 0 bridgehead atoms. The number of ether oxygens (including phenoxy) is 3. The lowest BCUT2D eigenvalue weighted by Gasteiger charge is -2.37. The van der Waals surface area contributed by atoms with Crippen LogP contribution in [0.15, 0.2) is 53.9 Å². The molecule has 3 aromatic rings. The summed E-state index contributed by atoms with van der Waals surface area (Å²) in [5.74, 6) is 1.02. The van der Waals surface area contributed by atoms with Gasteiger partial charge in [0, 0.05) is 29.6 Å². The van der Waals surface area contributed by atoms with Crippen molar-refractivity contribution in [3.8, 4) is 17.2 Å². The third-order valence-corrected chi connectivity index (χ3v) is 8.08. The second kappa shape index (κ2) is 11.4. The van der Waals surface area contributed by atoms with Gasteiger partial charge >= 0.3 is 0 Å². The van der Waals surface area contributed by atoms with E-state index in [0.29, 0.717) is 35.9 Å². The highest BCUT2D eigenvalue weighted by molar-refractivity contribution is 7.10. The van der Waals surface area contributed by atoms with E-state index in [2.05, 4.69) is 13.8 Å². The maximum absolute atomic E-state index is 13.8. The van der Waals surface area contributed by atoms with E-state index in [0.717, 1.165) is 18.4 Å². The lowest BCUT2D eigenvalue weighted by molar-refractivity contribution is -0.135. The molecule has 3 heterocycles. The van der Waals surface area contributed by atoms with Crippen LogP contribution in [-0.4, -0.2) is 54.6 Å². The predicted octanol–water partition coefficient (Wildman–Crippen LogP) is 5.31. The Morgan fingerprint density at radius 3 is 2.84 bits per heavy atom. The first-order chi connectivity index (χ1) is 18.4. The van der Waals surface area contributed by atoms with Crippen molar-refractivity contribution in [1.29, 1.82) is 0 Å². The van der Waals surface area contributed by atoms with E-state index in [1.807, 2.05) is 11.4 Å². The molecule has 9 heteroatoms. The Balaban J connectivity index is 1.36. The topological polar surface area (TPSA) is 68.3 Å². The van der Waals surface area contributed by atoms with E-state index in [4.69, 9.17) is 14.2 Å². The third-order valence-electron chi connectivity index (χ3n) is 7.08. The molecule has 0 spiro atoms. The van der Waals surface area contributed by atoms with E-state index in [-0.39, 0.29) is 49.5 Å². The molecule has 38 heavy (non-hydrogen) atoms. The number of rotatable bonds is 9. The van der Waals surface area contributed by atoms with Crippen molar-refractivity contribution >= 4 is 23.2 Å². The minimum Gasteiger partial charge on any atom is -0.491 e. The highest BCUT2D eigenvalue weighted by atomic mass is 32.1. The van der Waals surface area contributed by atoms with Crippen molar-refractivity contribution in [3.63, 3.8) is 0 Å². The van der Waals surface area contributed by atoms with Gasteiger partial charge in [-0.2, -0.15) is 0 Å². The third kappa shape index (κ3) is 5.62. The first-order valence-electron chi connectivity index (χ1n) is 12.9. The lowest BCUT2D eigenvalue weighted by Crippen LogP contribution is -2.48. The molecule has 0 radical (unpaired) electrons. The SMILES string of the molecule is CC[C@H](C)CN(CC(=O)N1CCc2sccc2[C@@H]1COc1cccc(F)c1)C(=O)c1ccc2c(c1)OCO2. The van der Waals surface area contributed by atoms with Crippen molar-refractivity contribution < 1.29 is 28.2 Å². The molecule has 0 N–H and O–H groups in total. The van der Waals surface area contributed by atoms with E-state index in [9.17, 15) is 14.0 Å². The molecule has 5 rings (SSSR count). The lowest BCUT2D eigenvalue weighted by atomic mass is 10.00. The van der Waals surface area contributed by atoms with Gasteiger partial charge in [-0.1, -0.05) is 26.3 Å². The first-order valence-corrected chi connectivity index (χ1v) is 13.7. The van der Waals surface area contributed by atoms with E-state index in [1.54, 1.807) is 51.5 Å². The van der Waals surface area contributed by atoms with Crippen LogP contribution in [0.3, 0.4) is 0 Å². The standard InChI is InChI=1S/C29H31FN2O5S/c1-3-19(2)15-31(29(34)20-7-8-25-26(13-20)37-18-36-25)16-28(33)32-11-9-27-23(10-12-38-27)24(32)17-35-22-6-4-5-21(30)14-22/h4-8,10,12-14,19,24H,3,9,11,15-18H2,1-2H3/t19-,24-/m0/s1. The molecular weight excluding hydrogens is 507 g/mol. The van der Waals surface area contributed by atoms with Gasteiger partial charge in [-0.25, -0.2) is 4.39 Å². The fourth-order valence-corrected chi connectivity index (χ4v) is 5.73. The van der Waals surface area contributed by atoms with Gasteiger partial charge in [0.05, 0.1) is 6.04 Å². The van der Waals surface area contributed by atoms with Crippen LogP contribution >= 0.6 is 11.3 Å². The van der Waals surface area contributed by atoms with Crippen molar-refractivity contribution in [2.75, 3.05) is 33.0 Å². The molecule has 2 aliphatic heterocycles. The normalized spacial score (nSPS) is 16.6. The maximum Gasteiger partial charge on any atom is 0.254 e. The number of thiophene rings is 1. The van der Waals surface area contributed by atoms with Gasteiger partial charge in [0.2, 0.25) is 12.7 Å². The molecule has 200 valence electrons. The average molecular weight is 539 g/mol. The van der Waals surface area contributed by atoms with E-state index < -0.39 is 0 Å². The summed E-state index contributed by atoms with van der Waals surface area (Å²) in [7, 11) is 0. The smallest absolute Gasteiger partial charge is 0.254 e. The predicted molar refractivity (Wildman–Crippen MR) is 142 cm³/mol. The number of hydrogen-bond acceptors (Lipinski definition) is 6. The maximum atomic E-state index is 13.8. The molecule has 0 unspecified atom stereocenters. The van der Waals surface area contributed by atoms with Gasteiger partial charge < -0.3 is 24.0 Å². The minimum atomic E-state index is -0.377. The number of nitrogens with zero attached hydrogens (tertiary/aromatic N) is 2. The summed E-state index contributed by atoms with van der Waals surface area (Å²) in [6, 6.07) is 12.8. The molecular formula is C29H31FN2O5S. The number of carbonyl (C=O) groups excluding carboxylic acids is 2. The van der Waals surface area contributed by atoms with E-state index >= 15 is 0 Å². The molecule has 2 amide bonds. The van der Waals surface area contributed by atoms with Crippen molar-refractivity contribution in [2.24, 2.45) is 5.92 Å². The van der Waals surface area contributed by atoms with Gasteiger partial charge in [0.15, 0.2) is 11.5 Å². The zero-order chi connectivity index (χ0) is 26.6. The Morgan fingerprint density at radius 2 is 2.03 bits per heavy atom. The molecule has 0 aliphatic carbocycles. The number of fused-ring (bicyclic) bond motifs is 2. The van der Waals surface area contributed by atoms with Gasteiger partial charge in [0.1, 0.15) is 24.7 Å². The van der Waals surface area contributed by atoms with Crippen LogP contribution in [0.4, 0.5) is 4.39 Å². The Kier molecular flexibility index (Phi) is 7.83. The molecule has 2 atom stereocenters. The molecule has 7 nitrogen and oxygen atoms in total. The van der Waals surface area contributed by atoms with Crippen molar-refractivity contribution in [2.45, 2.75) is 32.7 Å². The Hall–Kier alpha value is -3.59. The number of carbonyl (C=O) groups is 2. The Bertz CT molecular complexity index is 1310. The minimum absolute atomic E-state index is 0.0481. The fraction of sp³-hybridized carbons (Fsp3) is 0.379. The summed E-state index contributed by atoms with van der Waals surface area (Å²) in [6.07, 6.45) is 1.63. The number of amides is 2. The van der Waals surface area contributed by atoms with Gasteiger partial charge in [-0.3, -0.25) is 9.59 Å². The number of halogens is 1. The average Bonchev–Trinajstić information content (AvgIpc) is 3.60. The van der Waals surface area contributed by atoms with Gasteiger partial charge in [0.25, 0.3) is 5.91 Å². The molecule has 0 saturated heterocycles. The molecule has 0 saturated carbocycles. The largest absolute Gasteiger partial charge is 0.491 e. The highest BCUT2D eigenvalue weighted by Gasteiger charge is 2.34. The second-order valence-corrected chi connectivity index (χ2v) is 10.7. The first kappa shape index (κ1) is 26.0. The van der Waals surface area contributed by atoms with Crippen LogP contribution in [0.5, 0.6) is 17.2 Å². The van der Waals surface area contributed by atoms with Crippen molar-refractivity contribution in [3.05, 3.63) is 75.7 Å². The summed E-state index contributed by atoms with van der Waals surface area (Å²) < 4.78 is 30.5. The van der Waals surface area contributed by atoms with Crippen LogP contribution in [0, 0.1) is 11.7 Å². The van der Waals surface area contributed by atoms with Crippen LogP contribution < -0.4 is 14.2 Å². The van der Waals surface area contributed by atoms with Crippen LogP contribution in [0.2, 0.25) is 0 Å². The fourth-order valence-electron chi connectivity index (χ4n) is 4.80. The molecule has 0 fully saturated rings. The summed E-state index contributed by atoms with van der Waals surface area (Å²) in [5, 5.41) is 2.02. The number of hydrogen-bond donors (Lipinski definition) is 0. The monoisotopic (exact) mass is 538 g/mol. The Morgan fingerprint density at radius 1 is 1.18 bits per heavy atom. The van der Waals surface area contributed by atoms with Gasteiger partial charge in [-0.05, 0) is 59.7 Å². The summed E-state index contributed by atoms with van der Waals surface area (Å²) in [4.78, 5) is 32.0. The van der Waals surface area contributed by atoms with Crippen LogP contribution in [0.1, 0.15) is 47.1 Å². The van der Waals surface area contributed by atoms with Crippen LogP contribution in [0.25, 0.3) is 0 Å². The number of benzene rings is 2. The molecule has 2 aromatic carbocycles. The zero-order valence-electron chi connectivity index (χ0n) is 21.5. The van der Waals surface area contributed by atoms with E-state index in [1.165, 1.54) is 17.0 Å². The van der Waals surface area contributed by atoms with Crippen LogP contribution in [-0.2, 0) is 11.2 Å². The quantitative estimate of drug-likeness (QED) is 0.370. The van der Waals surface area contributed by atoms with Crippen molar-refractivity contribution in [1.82, 2.24) is 9.80 Å². The second-order valence-electron chi connectivity index (χ2n) is 9.69. The summed E-state index contributed by atoms with van der Waals surface area (Å²) >= 11 is 1.66. The zero-order valence-corrected chi connectivity index (χ0v) is 22.3. The Labute approximate surface area is 225 Å². The molecule has 1 aromatic heterocycles. The summed E-state index contributed by atoms with van der Waals surface area (Å²) in [5.41, 5.74) is 1.50.